The van der Waals surface area contributed by atoms with Gasteiger partial charge in [0.05, 0.1) is 5.25 Å². The zero-order chi connectivity index (χ0) is 16.2. The molecule has 0 bridgehead atoms. The number of hydrogen-bond acceptors (Lipinski definition) is 3. The van der Waals surface area contributed by atoms with E-state index in [4.69, 9.17) is 11.6 Å². The van der Waals surface area contributed by atoms with Gasteiger partial charge >= 0.3 is 5.24 Å². The number of amides is 1. The monoisotopic (exact) mass is 384 g/mol. The van der Waals surface area contributed by atoms with E-state index in [1.807, 2.05) is 19.1 Å². The second-order valence-corrected chi connectivity index (χ2v) is 7.65. The summed E-state index contributed by atoms with van der Waals surface area (Å²) in [7, 11) is 0. The van der Waals surface area contributed by atoms with Gasteiger partial charge in [-0.25, -0.2) is 4.99 Å². The molecule has 3 nitrogen and oxygen atoms in total. The largest absolute Gasteiger partial charge is 0.305 e. The van der Waals surface area contributed by atoms with Gasteiger partial charge in [-0.3, -0.25) is 9.69 Å². The Morgan fingerprint density at radius 2 is 2.08 bits per heavy atom. The van der Waals surface area contributed by atoms with Gasteiger partial charge in [-0.2, -0.15) is 0 Å². The van der Waals surface area contributed by atoms with Gasteiger partial charge in [-0.05, 0) is 56.0 Å². The van der Waals surface area contributed by atoms with Crippen molar-refractivity contribution in [3.05, 3.63) is 40.9 Å². The summed E-state index contributed by atoms with van der Waals surface area (Å²) in [5.74, 6) is 0. The fourth-order valence-electron chi connectivity index (χ4n) is 3.06. The van der Waals surface area contributed by atoms with E-state index in [1.165, 1.54) is 22.9 Å². The third-order valence-electron chi connectivity index (χ3n) is 4.43. The van der Waals surface area contributed by atoms with Gasteiger partial charge < -0.3 is 0 Å². The highest BCUT2D eigenvalue weighted by molar-refractivity contribution is 8.15. The van der Waals surface area contributed by atoms with Crippen LogP contribution in [0.25, 0.3) is 5.57 Å². The summed E-state index contributed by atoms with van der Waals surface area (Å²) in [5.41, 5.74) is 3.68. The van der Waals surface area contributed by atoms with Gasteiger partial charge in [0.15, 0.2) is 0 Å². The normalized spacial score (nSPS) is 21.2. The first-order valence-corrected chi connectivity index (χ1v) is 9.31. The molecule has 0 radical (unpaired) electrons. The van der Waals surface area contributed by atoms with Gasteiger partial charge in [0.1, 0.15) is 0 Å². The maximum atomic E-state index is 11.3. The minimum Gasteiger partial charge on any atom is -0.299 e. The molecular weight excluding hydrogens is 363 g/mol. The van der Waals surface area contributed by atoms with Crippen molar-refractivity contribution in [3.8, 4) is 0 Å². The van der Waals surface area contributed by atoms with E-state index in [0.717, 1.165) is 49.6 Å². The van der Waals surface area contributed by atoms with E-state index in [2.05, 4.69) is 28.1 Å². The summed E-state index contributed by atoms with van der Waals surface area (Å²) in [6.07, 6.45) is 5.56. The predicted octanol–water partition coefficient (Wildman–Crippen LogP) is 5.33. The van der Waals surface area contributed by atoms with Crippen molar-refractivity contribution in [2.45, 2.75) is 31.4 Å². The number of carbonyl (C=O) groups excluding carboxylic acids is 1. The van der Waals surface area contributed by atoms with E-state index >= 15 is 0 Å². The van der Waals surface area contributed by atoms with Crippen molar-refractivity contribution in [2.75, 3.05) is 19.6 Å². The summed E-state index contributed by atoms with van der Waals surface area (Å²) >= 11 is 7.32. The van der Waals surface area contributed by atoms with Crippen molar-refractivity contribution in [1.29, 1.82) is 0 Å². The minimum atomic E-state index is -0.0268. The second kappa shape index (κ2) is 9.04. The van der Waals surface area contributed by atoms with E-state index in [0.29, 0.717) is 5.25 Å². The van der Waals surface area contributed by atoms with E-state index in [1.54, 1.807) is 0 Å². The summed E-state index contributed by atoms with van der Waals surface area (Å²) in [6.45, 7) is 5.15. The molecule has 1 aromatic rings. The van der Waals surface area contributed by atoms with Crippen LogP contribution in [0.3, 0.4) is 0 Å². The average molecular weight is 385 g/mol. The molecule has 0 aliphatic carbocycles. The number of halogens is 2. The van der Waals surface area contributed by atoms with Gasteiger partial charge in [0, 0.05) is 23.8 Å². The summed E-state index contributed by atoms with van der Waals surface area (Å²) < 4.78 is 0. The molecule has 0 saturated carbocycles. The Kier molecular flexibility index (Phi) is 7.35. The molecule has 3 rings (SSSR count). The van der Waals surface area contributed by atoms with Crippen molar-refractivity contribution < 1.29 is 4.79 Å². The lowest BCUT2D eigenvalue weighted by Crippen LogP contribution is -2.30. The van der Waals surface area contributed by atoms with Crippen LogP contribution in [0.1, 0.15) is 31.7 Å². The number of rotatable bonds is 5. The standard InChI is InChI=1S/C18H21ClN2OS.ClH/c1-13-17(23-18(22)20-13)3-2-10-21-11-8-15(9-12-21)14-4-6-16(19)7-5-14;/h4-8,17H,2-3,9-12H2,1H3;1H. The first-order valence-electron chi connectivity index (χ1n) is 8.05. The zero-order valence-corrected chi connectivity index (χ0v) is 16.1. The lowest BCUT2D eigenvalue weighted by molar-refractivity contribution is 0.268. The van der Waals surface area contributed by atoms with Crippen LogP contribution < -0.4 is 0 Å². The van der Waals surface area contributed by atoms with E-state index in [9.17, 15) is 4.79 Å². The second-order valence-electron chi connectivity index (χ2n) is 6.05. The van der Waals surface area contributed by atoms with Crippen LogP contribution in [0.2, 0.25) is 5.02 Å². The average Bonchev–Trinajstić information content (AvgIpc) is 2.87. The minimum absolute atomic E-state index is 0. The Labute approximate surface area is 159 Å². The molecule has 6 heteroatoms. The Bertz CT molecular complexity index is 643. The summed E-state index contributed by atoms with van der Waals surface area (Å²) in [5, 5.41) is 1.06. The fourth-order valence-corrected chi connectivity index (χ4v) is 4.13. The Morgan fingerprint density at radius 3 is 2.67 bits per heavy atom. The van der Waals surface area contributed by atoms with Crippen LogP contribution in [-0.2, 0) is 0 Å². The van der Waals surface area contributed by atoms with Crippen molar-refractivity contribution in [1.82, 2.24) is 4.90 Å². The molecule has 0 aromatic heterocycles. The fraction of sp³-hybridized carbons (Fsp3) is 0.444. The van der Waals surface area contributed by atoms with Gasteiger partial charge in [0.25, 0.3) is 0 Å². The topological polar surface area (TPSA) is 32.7 Å². The molecule has 1 amide bonds. The van der Waals surface area contributed by atoms with E-state index in [-0.39, 0.29) is 17.6 Å². The maximum Gasteiger partial charge on any atom is 0.305 e. The highest BCUT2D eigenvalue weighted by atomic mass is 35.5. The molecule has 2 aliphatic heterocycles. The first-order chi connectivity index (χ1) is 11.1. The third kappa shape index (κ3) is 5.09. The number of benzene rings is 1. The molecule has 0 fully saturated rings. The summed E-state index contributed by atoms with van der Waals surface area (Å²) in [6, 6.07) is 8.10. The van der Waals surface area contributed by atoms with Crippen molar-refractivity contribution >= 4 is 52.3 Å². The lowest BCUT2D eigenvalue weighted by atomic mass is 9.99. The lowest BCUT2D eigenvalue weighted by Gasteiger charge is -2.26. The Morgan fingerprint density at radius 1 is 1.33 bits per heavy atom. The molecule has 130 valence electrons. The predicted molar refractivity (Wildman–Crippen MR) is 107 cm³/mol. The molecule has 2 heterocycles. The highest BCUT2D eigenvalue weighted by Gasteiger charge is 2.24. The van der Waals surface area contributed by atoms with Gasteiger partial charge in [-0.1, -0.05) is 41.6 Å². The van der Waals surface area contributed by atoms with Crippen LogP contribution in [-0.4, -0.2) is 40.7 Å². The van der Waals surface area contributed by atoms with Crippen LogP contribution in [0.15, 0.2) is 35.3 Å². The highest BCUT2D eigenvalue weighted by Crippen LogP contribution is 2.27. The van der Waals surface area contributed by atoms with Crippen LogP contribution >= 0.6 is 35.8 Å². The van der Waals surface area contributed by atoms with Crippen LogP contribution in [0.4, 0.5) is 4.79 Å². The van der Waals surface area contributed by atoms with Crippen molar-refractivity contribution in [2.24, 2.45) is 4.99 Å². The molecule has 0 saturated heterocycles. The SMILES string of the molecule is CC1=NC(=O)SC1CCCN1CC=C(c2ccc(Cl)cc2)CC1.Cl. The number of carbonyl (C=O) groups is 1. The molecule has 1 aromatic carbocycles. The molecule has 1 unspecified atom stereocenters. The van der Waals surface area contributed by atoms with Gasteiger partial charge in [0.2, 0.25) is 0 Å². The number of thioether (sulfide) groups is 1. The number of nitrogens with zero attached hydrogens (tertiary/aromatic N) is 2. The molecule has 24 heavy (non-hydrogen) atoms. The van der Waals surface area contributed by atoms with E-state index < -0.39 is 0 Å². The number of aliphatic imine (C=N–C) groups is 1. The van der Waals surface area contributed by atoms with Crippen LogP contribution in [0.5, 0.6) is 0 Å². The molecule has 1 atom stereocenters. The van der Waals surface area contributed by atoms with Crippen molar-refractivity contribution in [3.63, 3.8) is 0 Å². The number of hydrogen-bond donors (Lipinski definition) is 0. The third-order valence-corrected chi connectivity index (χ3v) is 5.83. The molecular formula is C18H22Cl2N2OS. The van der Waals surface area contributed by atoms with Crippen LogP contribution in [0, 0.1) is 0 Å². The quantitative estimate of drug-likeness (QED) is 0.687. The Hall–Kier alpha value is -0.810. The first kappa shape index (κ1) is 19.5. The zero-order valence-electron chi connectivity index (χ0n) is 13.7. The maximum absolute atomic E-state index is 11.3. The smallest absolute Gasteiger partial charge is 0.299 e. The van der Waals surface area contributed by atoms with Gasteiger partial charge in [-0.15, -0.1) is 12.4 Å². The molecule has 0 spiro atoms. The Balaban J connectivity index is 0.00000208. The molecule has 0 N–H and O–H groups in total. The summed E-state index contributed by atoms with van der Waals surface area (Å²) in [4.78, 5) is 17.7. The molecule has 2 aliphatic rings.